The first-order chi connectivity index (χ1) is 8.06. The summed E-state index contributed by atoms with van der Waals surface area (Å²) >= 11 is 0. The molecule has 1 aromatic rings. The van der Waals surface area contributed by atoms with E-state index in [2.05, 4.69) is 4.99 Å². The number of nitrogens with zero attached hydrogens (tertiary/aromatic N) is 1. The number of benzene rings is 1. The quantitative estimate of drug-likeness (QED) is 0.600. The third-order valence-corrected chi connectivity index (χ3v) is 2.09. The average Bonchev–Trinajstić information content (AvgIpc) is 2.31. The molecule has 0 fully saturated rings. The van der Waals surface area contributed by atoms with Crippen molar-refractivity contribution in [2.45, 2.75) is 20.4 Å². The number of hydrogen-bond acceptors (Lipinski definition) is 3. The Labute approximate surface area is 98.1 Å². The van der Waals surface area contributed by atoms with E-state index in [1.165, 1.54) is 19.1 Å². The number of carbonyl (C=O) groups is 1. The van der Waals surface area contributed by atoms with Gasteiger partial charge in [0.05, 0.1) is 13.2 Å². The van der Waals surface area contributed by atoms with Crippen LogP contribution >= 0.6 is 0 Å². The molecule has 92 valence electrons. The molecule has 17 heavy (non-hydrogen) atoms. The predicted octanol–water partition coefficient (Wildman–Crippen LogP) is 2.49. The Hall–Kier alpha value is -1.78. The van der Waals surface area contributed by atoms with Crippen molar-refractivity contribution in [1.29, 1.82) is 0 Å². The Morgan fingerprint density at radius 1 is 1.41 bits per heavy atom. The fourth-order valence-corrected chi connectivity index (χ4v) is 1.17. The number of aliphatic imine (C=N–C) groups is 1. The van der Waals surface area contributed by atoms with Crippen molar-refractivity contribution in [1.82, 2.24) is 0 Å². The summed E-state index contributed by atoms with van der Waals surface area (Å²) in [6.07, 6.45) is 0. The van der Waals surface area contributed by atoms with Crippen LogP contribution in [0.2, 0.25) is 0 Å². The zero-order chi connectivity index (χ0) is 12.8. The highest BCUT2D eigenvalue weighted by Gasteiger charge is 2.09. The Morgan fingerprint density at radius 2 is 2.12 bits per heavy atom. The van der Waals surface area contributed by atoms with E-state index in [4.69, 9.17) is 4.74 Å². The van der Waals surface area contributed by atoms with Gasteiger partial charge in [0.1, 0.15) is 5.71 Å². The fraction of sp³-hybridized carbons (Fsp3) is 0.333. The number of rotatable bonds is 4. The topological polar surface area (TPSA) is 38.7 Å². The number of ether oxygens (including phenoxy) is 1. The molecule has 1 rings (SSSR count). The van der Waals surface area contributed by atoms with Crippen LogP contribution in [0.4, 0.5) is 8.78 Å². The summed E-state index contributed by atoms with van der Waals surface area (Å²) in [5.41, 5.74) is 0.240. The second-order valence-electron chi connectivity index (χ2n) is 3.34. The molecule has 0 heterocycles. The van der Waals surface area contributed by atoms with Gasteiger partial charge in [-0.15, -0.1) is 0 Å². The molecule has 0 aliphatic heterocycles. The highest BCUT2D eigenvalue weighted by molar-refractivity contribution is 6.35. The molecule has 0 aromatic heterocycles. The minimum atomic E-state index is -0.937. The summed E-state index contributed by atoms with van der Waals surface area (Å²) in [5.74, 6) is -2.41. The Morgan fingerprint density at radius 3 is 2.76 bits per heavy atom. The van der Waals surface area contributed by atoms with Crippen LogP contribution in [0.1, 0.15) is 19.4 Å². The SMILES string of the molecule is CCOC(=O)C(C)=NCc1cccc(F)c1F. The van der Waals surface area contributed by atoms with Gasteiger partial charge >= 0.3 is 5.97 Å². The minimum Gasteiger partial charge on any atom is -0.462 e. The molecule has 0 aliphatic rings. The number of carbonyl (C=O) groups excluding carboxylic acids is 1. The van der Waals surface area contributed by atoms with Gasteiger partial charge in [0.25, 0.3) is 0 Å². The molecule has 0 amide bonds. The highest BCUT2D eigenvalue weighted by Crippen LogP contribution is 2.12. The van der Waals surface area contributed by atoms with Gasteiger partial charge in [0.15, 0.2) is 11.6 Å². The highest BCUT2D eigenvalue weighted by atomic mass is 19.2. The second kappa shape index (κ2) is 6.08. The largest absolute Gasteiger partial charge is 0.462 e. The molecule has 0 aliphatic carbocycles. The third kappa shape index (κ3) is 3.62. The van der Waals surface area contributed by atoms with Crippen molar-refractivity contribution in [2.75, 3.05) is 6.61 Å². The summed E-state index contributed by atoms with van der Waals surface area (Å²) in [4.78, 5) is 15.0. The molecule has 3 nitrogen and oxygen atoms in total. The first kappa shape index (κ1) is 13.3. The van der Waals surface area contributed by atoms with Crippen molar-refractivity contribution in [3.05, 3.63) is 35.4 Å². The van der Waals surface area contributed by atoms with Gasteiger partial charge in [-0.05, 0) is 19.9 Å². The standard InChI is InChI=1S/C12H13F2NO2/c1-3-17-12(16)8(2)15-7-9-5-4-6-10(13)11(9)14/h4-6H,3,7H2,1-2H3. The van der Waals surface area contributed by atoms with Crippen LogP contribution in [-0.2, 0) is 16.1 Å². The van der Waals surface area contributed by atoms with Gasteiger partial charge < -0.3 is 4.74 Å². The smallest absolute Gasteiger partial charge is 0.351 e. The molecule has 0 N–H and O–H groups in total. The zero-order valence-electron chi connectivity index (χ0n) is 9.67. The Bertz CT molecular complexity index is 444. The van der Waals surface area contributed by atoms with E-state index in [1.54, 1.807) is 6.92 Å². The maximum absolute atomic E-state index is 13.2. The summed E-state index contributed by atoms with van der Waals surface area (Å²) in [6, 6.07) is 3.84. The van der Waals surface area contributed by atoms with Crippen LogP contribution in [0.5, 0.6) is 0 Å². The molecule has 0 spiro atoms. The second-order valence-corrected chi connectivity index (χ2v) is 3.34. The molecule has 0 bridgehead atoms. The van der Waals surface area contributed by atoms with Gasteiger partial charge in [-0.3, -0.25) is 4.99 Å². The molecule has 0 saturated heterocycles. The van der Waals surface area contributed by atoms with Gasteiger partial charge in [-0.2, -0.15) is 0 Å². The molecule has 0 atom stereocenters. The summed E-state index contributed by atoms with van der Waals surface area (Å²) < 4.78 is 30.8. The predicted molar refractivity (Wildman–Crippen MR) is 59.8 cm³/mol. The van der Waals surface area contributed by atoms with Gasteiger partial charge in [-0.1, -0.05) is 12.1 Å². The van der Waals surface area contributed by atoms with Gasteiger partial charge in [0.2, 0.25) is 0 Å². The Balaban J connectivity index is 2.75. The lowest BCUT2D eigenvalue weighted by Gasteiger charge is -2.02. The molecule has 0 unspecified atom stereocenters. The number of halogens is 2. The van der Waals surface area contributed by atoms with E-state index in [-0.39, 0.29) is 24.4 Å². The Kier molecular flexibility index (Phi) is 4.75. The van der Waals surface area contributed by atoms with Crippen molar-refractivity contribution in [2.24, 2.45) is 4.99 Å². The van der Waals surface area contributed by atoms with Gasteiger partial charge in [-0.25, -0.2) is 13.6 Å². The van der Waals surface area contributed by atoms with E-state index >= 15 is 0 Å². The average molecular weight is 241 g/mol. The molecule has 0 radical (unpaired) electrons. The lowest BCUT2D eigenvalue weighted by molar-refractivity contribution is -0.135. The van der Waals surface area contributed by atoms with E-state index in [0.717, 1.165) is 6.07 Å². The van der Waals surface area contributed by atoms with E-state index in [1.807, 2.05) is 0 Å². The van der Waals surface area contributed by atoms with Crippen molar-refractivity contribution in [3.8, 4) is 0 Å². The van der Waals surface area contributed by atoms with Crippen LogP contribution < -0.4 is 0 Å². The maximum atomic E-state index is 13.2. The molecule has 0 saturated carbocycles. The van der Waals surface area contributed by atoms with Crippen LogP contribution in [-0.4, -0.2) is 18.3 Å². The van der Waals surface area contributed by atoms with E-state index in [0.29, 0.717) is 0 Å². The molecular formula is C12H13F2NO2. The molecule has 5 heteroatoms. The first-order valence-corrected chi connectivity index (χ1v) is 5.17. The lowest BCUT2D eigenvalue weighted by atomic mass is 10.2. The summed E-state index contributed by atoms with van der Waals surface area (Å²) in [5, 5.41) is 0. The van der Waals surface area contributed by atoms with Crippen molar-refractivity contribution < 1.29 is 18.3 Å². The summed E-state index contributed by atoms with van der Waals surface area (Å²) in [6.45, 7) is 3.31. The zero-order valence-corrected chi connectivity index (χ0v) is 9.67. The van der Waals surface area contributed by atoms with Crippen LogP contribution in [0.3, 0.4) is 0 Å². The van der Waals surface area contributed by atoms with Crippen molar-refractivity contribution >= 4 is 11.7 Å². The number of hydrogen-bond donors (Lipinski definition) is 0. The number of esters is 1. The monoisotopic (exact) mass is 241 g/mol. The van der Waals surface area contributed by atoms with Crippen LogP contribution in [0, 0.1) is 11.6 Å². The van der Waals surface area contributed by atoms with E-state index < -0.39 is 17.6 Å². The van der Waals surface area contributed by atoms with Crippen LogP contribution in [0.15, 0.2) is 23.2 Å². The van der Waals surface area contributed by atoms with Crippen molar-refractivity contribution in [3.63, 3.8) is 0 Å². The van der Waals surface area contributed by atoms with Gasteiger partial charge in [0, 0.05) is 5.56 Å². The fourth-order valence-electron chi connectivity index (χ4n) is 1.17. The third-order valence-electron chi connectivity index (χ3n) is 2.09. The normalized spacial score (nSPS) is 11.4. The first-order valence-electron chi connectivity index (χ1n) is 5.17. The summed E-state index contributed by atoms with van der Waals surface area (Å²) in [7, 11) is 0. The van der Waals surface area contributed by atoms with Crippen LogP contribution in [0.25, 0.3) is 0 Å². The molecular weight excluding hydrogens is 228 g/mol. The molecule has 1 aromatic carbocycles. The van der Waals surface area contributed by atoms with E-state index in [9.17, 15) is 13.6 Å². The minimum absolute atomic E-state index is 0.0890. The lowest BCUT2D eigenvalue weighted by Crippen LogP contribution is -2.14. The maximum Gasteiger partial charge on any atom is 0.351 e.